The summed E-state index contributed by atoms with van der Waals surface area (Å²) in [5.74, 6) is 0.0860. The van der Waals surface area contributed by atoms with Gasteiger partial charge in [0, 0.05) is 12.1 Å². The molecule has 1 aromatic rings. The number of aryl methyl sites for hydroxylation is 1. The molecule has 0 aromatic heterocycles. The van der Waals surface area contributed by atoms with Gasteiger partial charge in [-0.3, -0.25) is 4.79 Å². The maximum absolute atomic E-state index is 11.3. The van der Waals surface area contributed by atoms with Crippen LogP contribution in [0.1, 0.15) is 75.5 Å². The number of amides is 1. The lowest BCUT2D eigenvalue weighted by Crippen LogP contribution is -2.19. The molecule has 1 aromatic carbocycles. The summed E-state index contributed by atoms with van der Waals surface area (Å²) in [4.78, 5) is 11.3. The van der Waals surface area contributed by atoms with Crippen molar-refractivity contribution in [1.82, 2.24) is 0 Å². The van der Waals surface area contributed by atoms with E-state index in [2.05, 4.69) is 18.3 Å². The zero-order chi connectivity index (χ0) is 15.1. The summed E-state index contributed by atoms with van der Waals surface area (Å²) < 4.78 is 0. The molecule has 2 N–H and O–H groups in total. The van der Waals surface area contributed by atoms with E-state index < -0.39 is 0 Å². The monoisotopic (exact) mass is 289 g/mol. The van der Waals surface area contributed by atoms with Crippen LogP contribution in [-0.4, -0.2) is 11.0 Å². The molecular weight excluding hydrogens is 262 g/mol. The van der Waals surface area contributed by atoms with E-state index in [1.54, 1.807) is 0 Å². The minimum Gasteiger partial charge on any atom is -0.388 e. The maximum Gasteiger partial charge on any atom is 0.224 e. The fourth-order valence-corrected chi connectivity index (χ4v) is 2.90. The van der Waals surface area contributed by atoms with Crippen molar-refractivity contribution in [2.24, 2.45) is 0 Å². The number of aliphatic hydroxyl groups is 1. The van der Waals surface area contributed by atoms with Crippen molar-refractivity contribution in [1.29, 1.82) is 0 Å². The van der Waals surface area contributed by atoms with Gasteiger partial charge in [-0.05, 0) is 30.0 Å². The van der Waals surface area contributed by atoms with Crippen LogP contribution in [0.25, 0.3) is 0 Å². The molecule has 0 fully saturated rings. The van der Waals surface area contributed by atoms with E-state index in [-0.39, 0.29) is 12.0 Å². The van der Waals surface area contributed by atoms with Crippen LogP contribution in [0.4, 0.5) is 5.69 Å². The molecule has 1 unspecified atom stereocenters. The zero-order valence-corrected chi connectivity index (χ0v) is 13.0. The van der Waals surface area contributed by atoms with Crippen molar-refractivity contribution in [2.75, 3.05) is 5.32 Å². The Labute approximate surface area is 127 Å². The minimum absolute atomic E-state index is 0.0860. The number of unbranched alkanes of at least 4 members (excludes halogenated alkanes) is 5. The van der Waals surface area contributed by atoms with Gasteiger partial charge in [0.25, 0.3) is 0 Å². The molecule has 21 heavy (non-hydrogen) atoms. The second-order valence-corrected chi connectivity index (χ2v) is 6.04. The first kappa shape index (κ1) is 16.0. The first-order chi connectivity index (χ1) is 10.2. The summed E-state index contributed by atoms with van der Waals surface area (Å²) in [6.45, 7) is 2.22. The third-order valence-electron chi connectivity index (χ3n) is 4.24. The van der Waals surface area contributed by atoms with E-state index >= 15 is 0 Å². The number of hydrogen-bond donors (Lipinski definition) is 2. The molecule has 3 nitrogen and oxygen atoms in total. The standard InChI is InChI=1S/C18H27NO2/c1-2-3-4-5-6-7-8-17(20)15-9-11-16-14(13-15)10-12-18(21)19-16/h9,11,13,17,20H,2-8,10,12H2,1H3,(H,19,21). The van der Waals surface area contributed by atoms with Gasteiger partial charge in [-0.1, -0.05) is 57.6 Å². The fraction of sp³-hybridized carbons (Fsp3) is 0.611. The van der Waals surface area contributed by atoms with Crippen molar-refractivity contribution in [3.05, 3.63) is 29.3 Å². The number of nitrogens with one attached hydrogen (secondary N) is 1. The lowest BCUT2D eigenvalue weighted by Gasteiger charge is -2.19. The molecule has 0 aliphatic carbocycles. The number of rotatable bonds is 8. The first-order valence-electron chi connectivity index (χ1n) is 8.31. The largest absolute Gasteiger partial charge is 0.388 e. The van der Waals surface area contributed by atoms with Gasteiger partial charge in [0.05, 0.1) is 6.10 Å². The molecule has 0 spiro atoms. The third kappa shape index (κ3) is 4.85. The summed E-state index contributed by atoms with van der Waals surface area (Å²) >= 11 is 0. The molecule has 1 aliphatic heterocycles. The van der Waals surface area contributed by atoms with Crippen molar-refractivity contribution >= 4 is 11.6 Å². The fourth-order valence-electron chi connectivity index (χ4n) is 2.90. The normalized spacial score (nSPS) is 15.4. The Bertz CT molecular complexity index is 470. The van der Waals surface area contributed by atoms with Gasteiger partial charge < -0.3 is 10.4 Å². The maximum atomic E-state index is 11.3. The molecule has 1 amide bonds. The molecule has 0 radical (unpaired) electrons. The average Bonchev–Trinajstić information content (AvgIpc) is 2.50. The van der Waals surface area contributed by atoms with Gasteiger partial charge in [0.15, 0.2) is 0 Å². The van der Waals surface area contributed by atoms with Gasteiger partial charge in [-0.15, -0.1) is 0 Å². The predicted octanol–water partition coefficient (Wildman–Crippen LogP) is 4.36. The molecule has 1 heterocycles. The first-order valence-corrected chi connectivity index (χ1v) is 8.31. The van der Waals surface area contributed by atoms with Crippen LogP contribution in [0, 0.1) is 0 Å². The van der Waals surface area contributed by atoms with Gasteiger partial charge in [0.2, 0.25) is 5.91 Å². The van der Waals surface area contributed by atoms with Crippen LogP contribution in [0.2, 0.25) is 0 Å². The van der Waals surface area contributed by atoms with Crippen molar-refractivity contribution in [3.8, 4) is 0 Å². The summed E-state index contributed by atoms with van der Waals surface area (Å²) in [6.07, 6.45) is 9.24. The van der Waals surface area contributed by atoms with E-state index in [0.29, 0.717) is 6.42 Å². The Hall–Kier alpha value is -1.35. The number of carbonyl (C=O) groups excluding carboxylic acids is 1. The van der Waals surface area contributed by atoms with Crippen LogP contribution in [0.3, 0.4) is 0 Å². The predicted molar refractivity (Wildman–Crippen MR) is 86.3 cm³/mol. The Balaban J connectivity index is 1.80. The summed E-state index contributed by atoms with van der Waals surface area (Å²) in [7, 11) is 0. The molecule has 116 valence electrons. The lowest BCUT2D eigenvalue weighted by atomic mass is 9.96. The Kier molecular flexibility index (Phi) is 6.24. The summed E-state index contributed by atoms with van der Waals surface area (Å²) in [5.41, 5.74) is 3.04. The van der Waals surface area contributed by atoms with E-state index in [4.69, 9.17) is 0 Å². The number of fused-ring (bicyclic) bond motifs is 1. The van der Waals surface area contributed by atoms with E-state index in [9.17, 15) is 9.90 Å². The molecule has 0 saturated heterocycles. The highest BCUT2D eigenvalue weighted by molar-refractivity contribution is 5.93. The second kappa shape index (κ2) is 8.18. The number of anilines is 1. The summed E-state index contributed by atoms with van der Waals surface area (Å²) in [5, 5.41) is 13.2. The van der Waals surface area contributed by atoms with Crippen LogP contribution in [0.15, 0.2) is 18.2 Å². The van der Waals surface area contributed by atoms with Crippen molar-refractivity contribution in [2.45, 2.75) is 70.8 Å². The second-order valence-electron chi connectivity index (χ2n) is 6.04. The molecule has 1 atom stereocenters. The Morgan fingerprint density at radius 3 is 2.71 bits per heavy atom. The quantitative estimate of drug-likeness (QED) is 0.699. The molecule has 1 aliphatic rings. The van der Waals surface area contributed by atoms with E-state index in [1.165, 1.54) is 32.1 Å². The molecule has 2 rings (SSSR count). The topological polar surface area (TPSA) is 49.3 Å². The highest BCUT2D eigenvalue weighted by Crippen LogP contribution is 2.28. The van der Waals surface area contributed by atoms with Crippen LogP contribution in [-0.2, 0) is 11.2 Å². The molecule has 0 bridgehead atoms. The van der Waals surface area contributed by atoms with Crippen LogP contribution in [0.5, 0.6) is 0 Å². The zero-order valence-electron chi connectivity index (χ0n) is 13.0. The highest BCUT2D eigenvalue weighted by atomic mass is 16.3. The minimum atomic E-state index is -0.376. The van der Waals surface area contributed by atoms with Gasteiger partial charge in [0.1, 0.15) is 0 Å². The van der Waals surface area contributed by atoms with E-state index in [1.807, 2.05) is 12.1 Å². The van der Waals surface area contributed by atoms with Crippen molar-refractivity contribution in [3.63, 3.8) is 0 Å². The van der Waals surface area contributed by atoms with Crippen molar-refractivity contribution < 1.29 is 9.90 Å². The van der Waals surface area contributed by atoms with Gasteiger partial charge in [-0.25, -0.2) is 0 Å². The number of aliphatic hydroxyl groups excluding tert-OH is 1. The molecule has 0 saturated carbocycles. The Morgan fingerprint density at radius 2 is 1.90 bits per heavy atom. The summed E-state index contributed by atoms with van der Waals surface area (Å²) in [6, 6.07) is 5.91. The molecular formula is C18H27NO2. The average molecular weight is 289 g/mol. The molecule has 3 heteroatoms. The number of hydrogen-bond acceptors (Lipinski definition) is 2. The van der Waals surface area contributed by atoms with E-state index in [0.717, 1.165) is 36.1 Å². The SMILES string of the molecule is CCCCCCCCC(O)c1ccc2c(c1)CCC(=O)N2. The Morgan fingerprint density at radius 1 is 1.14 bits per heavy atom. The number of carbonyl (C=O) groups is 1. The van der Waals surface area contributed by atoms with Gasteiger partial charge >= 0.3 is 0 Å². The highest BCUT2D eigenvalue weighted by Gasteiger charge is 2.16. The smallest absolute Gasteiger partial charge is 0.224 e. The van der Waals surface area contributed by atoms with Crippen LogP contribution < -0.4 is 5.32 Å². The van der Waals surface area contributed by atoms with Crippen LogP contribution >= 0.6 is 0 Å². The third-order valence-corrected chi connectivity index (χ3v) is 4.24. The lowest BCUT2D eigenvalue weighted by molar-refractivity contribution is -0.116. The number of benzene rings is 1. The van der Waals surface area contributed by atoms with Gasteiger partial charge in [-0.2, -0.15) is 0 Å².